The molecule has 0 aliphatic heterocycles. The fraction of sp³-hybridized carbons (Fsp3) is 0.400. The summed E-state index contributed by atoms with van der Waals surface area (Å²) in [5.74, 6) is -0.967. The molecule has 0 bridgehead atoms. The molecule has 1 saturated carbocycles. The van der Waals surface area contributed by atoms with E-state index in [4.69, 9.17) is 4.74 Å². The van der Waals surface area contributed by atoms with Crippen molar-refractivity contribution in [1.82, 2.24) is 9.88 Å². The molecule has 3 rings (SSSR count). The summed E-state index contributed by atoms with van der Waals surface area (Å²) in [5, 5.41) is 10.2. The van der Waals surface area contributed by atoms with Crippen LogP contribution in [-0.4, -0.2) is 41.0 Å². The lowest BCUT2D eigenvalue weighted by Crippen LogP contribution is -2.51. The van der Waals surface area contributed by atoms with Gasteiger partial charge in [-0.05, 0) is 31.1 Å². The molecular formula is C20H21N3O3S. The number of ether oxygens (including phenoxy) is 1. The van der Waals surface area contributed by atoms with E-state index in [1.54, 1.807) is 13.1 Å². The summed E-state index contributed by atoms with van der Waals surface area (Å²) in [6.07, 6.45) is 7.11. The normalized spacial score (nSPS) is 16.1. The van der Waals surface area contributed by atoms with Crippen molar-refractivity contribution in [2.75, 3.05) is 13.7 Å². The maximum absolute atomic E-state index is 12.4. The number of rotatable bonds is 5. The topological polar surface area (TPSA) is 83.3 Å². The number of thiazole rings is 1. The Bertz CT molecular complexity index is 874. The maximum atomic E-state index is 12.4. The van der Waals surface area contributed by atoms with Gasteiger partial charge in [-0.2, -0.15) is 5.26 Å². The summed E-state index contributed by atoms with van der Waals surface area (Å²) < 4.78 is 6.09. The minimum atomic E-state index is -0.779. The van der Waals surface area contributed by atoms with Gasteiger partial charge in [0.2, 0.25) is 0 Å². The van der Waals surface area contributed by atoms with Crippen molar-refractivity contribution in [3.05, 3.63) is 35.3 Å². The van der Waals surface area contributed by atoms with Crippen molar-refractivity contribution in [3.8, 4) is 6.07 Å². The molecule has 1 aromatic heterocycles. The molecule has 0 unspecified atom stereocenters. The quantitative estimate of drug-likeness (QED) is 0.582. The van der Waals surface area contributed by atoms with Gasteiger partial charge in [-0.1, -0.05) is 31.4 Å². The van der Waals surface area contributed by atoms with Crippen LogP contribution in [0.3, 0.4) is 0 Å². The molecule has 1 aliphatic carbocycles. The van der Waals surface area contributed by atoms with Gasteiger partial charge in [0.25, 0.3) is 5.91 Å². The fourth-order valence-corrected chi connectivity index (χ4v) is 4.15. The van der Waals surface area contributed by atoms with Crippen LogP contribution in [0.5, 0.6) is 0 Å². The van der Waals surface area contributed by atoms with Crippen LogP contribution < -0.4 is 0 Å². The van der Waals surface area contributed by atoms with Gasteiger partial charge in [0.15, 0.2) is 6.61 Å². The van der Waals surface area contributed by atoms with E-state index in [1.165, 1.54) is 22.3 Å². The highest BCUT2D eigenvalue weighted by molar-refractivity contribution is 7.19. The van der Waals surface area contributed by atoms with Crippen LogP contribution in [0, 0.1) is 11.3 Å². The van der Waals surface area contributed by atoms with Gasteiger partial charge in [-0.3, -0.25) is 4.79 Å². The summed E-state index contributed by atoms with van der Waals surface area (Å²) in [6.45, 7) is -0.372. The first-order chi connectivity index (χ1) is 13.0. The highest BCUT2D eigenvalue weighted by Crippen LogP contribution is 2.32. The second kappa shape index (κ2) is 8.31. The summed E-state index contributed by atoms with van der Waals surface area (Å²) >= 11 is 1.47. The van der Waals surface area contributed by atoms with Crippen LogP contribution >= 0.6 is 11.3 Å². The number of fused-ring (bicyclic) bond motifs is 1. The SMILES string of the molecule is CN(C(=O)COC(=O)/C=C/c1nc2ccccc2s1)C1(C#N)CCCCC1. The summed E-state index contributed by atoms with van der Waals surface area (Å²) in [6, 6.07) is 10.0. The molecule has 1 amide bonds. The molecule has 0 radical (unpaired) electrons. The van der Waals surface area contributed by atoms with Crippen LogP contribution in [0.2, 0.25) is 0 Å². The maximum Gasteiger partial charge on any atom is 0.331 e. The average Bonchev–Trinajstić information content (AvgIpc) is 3.13. The number of esters is 1. The van der Waals surface area contributed by atoms with Crippen LogP contribution in [0.4, 0.5) is 0 Å². The lowest BCUT2D eigenvalue weighted by atomic mass is 9.81. The second-order valence-corrected chi connectivity index (χ2v) is 7.68. The zero-order chi connectivity index (χ0) is 19.3. The number of hydrogen-bond acceptors (Lipinski definition) is 6. The molecule has 1 heterocycles. The first kappa shape index (κ1) is 19.1. The molecule has 1 fully saturated rings. The monoisotopic (exact) mass is 383 g/mol. The van der Waals surface area contributed by atoms with E-state index in [-0.39, 0.29) is 12.5 Å². The number of likely N-dealkylation sites (N-methyl/N-ethyl adjacent to an activating group) is 1. The number of carbonyl (C=O) groups excluding carboxylic acids is 2. The first-order valence-corrected chi connectivity index (χ1v) is 9.74. The van der Waals surface area contributed by atoms with Crippen molar-refractivity contribution in [3.63, 3.8) is 0 Å². The number of para-hydroxylation sites is 1. The molecule has 140 valence electrons. The smallest absolute Gasteiger partial charge is 0.331 e. The number of hydrogen-bond donors (Lipinski definition) is 0. The van der Waals surface area contributed by atoms with E-state index in [0.29, 0.717) is 17.8 Å². The average molecular weight is 383 g/mol. The highest BCUT2D eigenvalue weighted by Gasteiger charge is 2.38. The number of benzene rings is 1. The Hall–Kier alpha value is -2.72. The van der Waals surface area contributed by atoms with Gasteiger partial charge in [-0.25, -0.2) is 9.78 Å². The van der Waals surface area contributed by atoms with E-state index in [1.807, 2.05) is 24.3 Å². The van der Waals surface area contributed by atoms with E-state index in [9.17, 15) is 14.9 Å². The number of amides is 1. The molecule has 7 heteroatoms. The molecule has 0 spiro atoms. The Labute approximate surface area is 162 Å². The fourth-order valence-electron chi connectivity index (χ4n) is 3.28. The minimum absolute atomic E-state index is 0.361. The number of nitrogens with zero attached hydrogens (tertiary/aromatic N) is 3. The molecule has 6 nitrogen and oxygen atoms in total. The molecule has 27 heavy (non-hydrogen) atoms. The predicted octanol–water partition coefficient (Wildman–Crippen LogP) is 3.54. The Morgan fingerprint density at radius 2 is 2.07 bits per heavy atom. The lowest BCUT2D eigenvalue weighted by molar-refractivity contribution is -0.150. The third-order valence-corrected chi connectivity index (χ3v) is 5.92. The number of aromatic nitrogens is 1. The lowest BCUT2D eigenvalue weighted by Gasteiger charge is -2.38. The molecule has 1 aliphatic rings. The predicted molar refractivity (Wildman–Crippen MR) is 104 cm³/mol. The summed E-state index contributed by atoms with van der Waals surface area (Å²) in [5.41, 5.74) is 0.0973. The van der Waals surface area contributed by atoms with Gasteiger partial charge in [0, 0.05) is 13.1 Å². The molecule has 0 atom stereocenters. The molecule has 2 aromatic rings. The zero-order valence-corrected chi connectivity index (χ0v) is 16.0. The third-order valence-electron chi connectivity index (χ3n) is 4.92. The largest absolute Gasteiger partial charge is 0.452 e. The highest BCUT2D eigenvalue weighted by atomic mass is 32.1. The number of nitriles is 1. The van der Waals surface area contributed by atoms with E-state index in [2.05, 4.69) is 11.1 Å². The zero-order valence-electron chi connectivity index (χ0n) is 15.2. The van der Waals surface area contributed by atoms with Crippen LogP contribution in [0.25, 0.3) is 16.3 Å². The van der Waals surface area contributed by atoms with Gasteiger partial charge < -0.3 is 9.64 Å². The van der Waals surface area contributed by atoms with Crippen molar-refractivity contribution in [1.29, 1.82) is 5.26 Å². The second-order valence-electron chi connectivity index (χ2n) is 6.62. The van der Waals surface area contributed by atoms with E-state index in [0.717, 1.165) is 29.5 Å². The summed E-state index contributed by atoms with van der Waals surface area (Å²) in [7, 11) is 1.61. The number of carbonyl (C=O) groups is 2. The summed E-state index contributed by atoms with van der Waals surface area (Å²) in [4.78, 5) is 30.1. The molecule has 1 aromatic carbocycles. The van der Waals surface area contributed by atoms with Crippen molar-refractivity contribution >= 4 is 39.5 Å². The van der Waals surface area contributed by atoms with Crippen molar-refractivity contribution in [2.24, 2.45) is 0 Å². The first-order valence-electron chi connectivity index (χ1n) is 8.92. The van der Waals surface area contributed by atoms with Crippen LogP contribution in [0.15, 0.2) is 30.3 Å². The van der Waals surface area contributed by atoms with Gasteiger partial charge >= 0.3 is 5.97 Å². The minimum Gasteiger partial charge on any atom is -0.452 e. The van der Waals surface area contributed by atoms with E-state index >= 15 is 0 Å². The van der Waals surface area contributed by atoms with Crippen LogP contribution in [-0.2, 0) is 14.3 Å². The Morgan fingerprint density at radius 3 is 2.78 bits per heavy atom. The van der Waals surface area contributed by atoms with Gasteiger partial charge in [-0.15, -0.1) is 11.3 Å². The molecular weight excluding hydrogens is 362 g/mol. The van der Waals surface area contributed by atoms with E-state index < -0.39 is 11.5 Å². The van der Waals surface area contributed by atoms with Crippen molar-refractivity contribution < 1.29 is 14.3 Å². The molecule has 0 saturated heterocycles. The standard InChI is InChI=1S/C20H21N3O3S/c1-23(20(14-21)11-5-2-6-12-20)18(24)13-26-19(25)10-9-17-22-15-7-3-4-8-16(15)27-17/h3-4,7-10H,2,5-6,11-13H2,1H3/b10-9+. The van der Waals surface area contributed by atoms with Gasteiger partial charge in [0.05, 0.1) is 16.3 Å². The third kappa shape index (κ3) is 4.34. The Kier molecular flexibility index (Phi) is 5.87. The van der Waals surface area contributed by atoms with Gasteiger partial charge in [0.1, 0.15) is 10.5 Å². The molecule has 0 N–H and O–H groups in total. The Morgan fingerprint density at radius 1 is 1.33 bits per heavy atom. The van der Waals surface area contributed by atoms with Crippen molar-refractivity contribution in [2.45, 2.75) is 37.6 Å². The Balaban J connectivity index is 1.55. The van der Waals surface area contributed by atoms with Crippen LogP contribution in [0.1, 0.15) is 37.1 Å².